The van der Waals surface area contributed by atoms with Crippen LogP contribution in [0.1, 0.15) is 32.4 Å². The summed E-state index contributed by atoms with van der Waals surface area (Å²) >= 11 is 1.10. The maximum absolute atomic E-state index is 13.6. The van der Waals surface area contributed by atoms with E-state index < -0.39 is 12.7 Å². The van der Waals surface area contributed by atoms with Gasteiger partial charge >= 0.3 is 12.1 Å². The number of aromatic nitrogens is 1. The molecule has 0 amide bonds. The zero-order valence-electron chi connectivity index (χ0n) is 23.9. The Kier molecular flexibility index (Phi) is 10.5. The first kappa shape index (κ1) is 31.4. The molecule has 4 N–H and O–H groups in total. The van der Waals surface area contributed by atoms with E-state index in [1.165, 1.54) is 11.5 Å². The number of methoxy groups -OCH3 is 1. The molecule has 0 spiro atoms. The van der Waals surface area contributed by atoms with E-state index in [1.807, 2.05) is 25.1 Å². The highest BCUT2D eigenvalue weighted by Gasteiger charge is 2.30. The molecule has 0 radical (unpaired) electrons. The number of nitrogens with zero attached hydrogens (tertiary/aromatic N) is 2. The van der Waals surface area contributed by atoms with Gasteiger partial charge < -0.3 is 24.7 Å². The number of halogens is 3. The van der Waals surface area contributed by atoms with Gasteiger partial charge in [0.1, 0.15) is 18.4 Å². The zero-order valence-corrected chi connectivity index (χ0v) is 24.7. The van der Waals surface area contributed by atoms with Gasteiger partial charge in [-0.05, 0) is 74.0 Å². The first-order valence-corrected chi connectivity index (χ1v) is 14.6. The molecule has 8 nitrogen and oxygen atoms in total. The Labute approximate surface area is 248 Å². The summed E-state index contributed by atoms with van der Waals surface area (Å²) in [6.07, 6.45) is -2.86. The number of anilines is 2. The highest BCUT2D eigenvalue weighted by Crippen LogP contribution is 2.32. The van der Waals surface area contributed by atoms with Gasteiger partial charge in [0.15, 0.2) is 0 Å². The number of hydrogen-bond donors (Lipinski definition) is 3. The lowest BCUT2D eigenvalue weighted by atomic mass is 10.0. The van der Waals surface area contributed by atoms with E-state index in [0.29, 0.717) is 28.9 Å². The molecule has 226 valence electrons. The minimum absolute atomic E-state index is 0.166. The summed E-state index contributed by atoms with van der Waals surface area (Å²) < 4.78 is 52.7. The van der Waals surface area contributed by atoms with E-state index in [2.05, 4.69) is 27.4 Å². The fourth-order valence-electron chi connectivity index (χ4n) is 5.19. The number of nitrogens with two attached hydrogens (primary N) is 1. The molecule has 42 heavy (non-hydrogen) atoms. The first-order chi connectivity index (χ1) is 20.1. The van der Waals surface area contributed by atoms with E-state index in [0.717, 1.165) is 48.5 Å². The Hall–Kier alpha value is -3.53. The Bertz CT molecular complexity index is 1440. The van der Waals surface area contributed by atoms with Crippen LogP contribution in [0.3, 0.4) is 0 Å². The fraction of sp³-hybridized carbons (Fsp3) is 0.433. The Morgan fingerprint density at radius 2 is 1.95 bits per heavy atom. The SMILES string of the molecule is COc1cc(SN)ccc1NCC#Cc1cc2c(NC3CCN(CC(C)OC(C)=O)CC3)cccc2n1CC(F)(F)F. The maximum Gasteiger partial charge on any atom is 0.406 e. The molecule has 1 aromatic heterocycles. The van der Waals surface area contributed by atoms with Gasteiger partial charge in [-0.2, -0.15) is 13.2 Å². The monoisotopic (exact) mass is 603 g/mol. The third-order valence-electron chi connectivity index (χ3n) is 7.01. The number of piperidine rings is 1. The van der Waals surface area contributed by atoms with Crippen molar-refractivity contribution in [3.8, 4) is 17.6 Å². The molecule has 1 saturated heterocycles. The molecule has 1 unspecified atom stereocenters. The number of rotatable bonds is 10. The van der Waals surface area contributed by atoms with E-state index >= 15 is 0 Å². The van der Waals surface area contributed by atoms with Gasteiger partial charge in [-0.25, -0.2) is 0 Å². The van der Waals surface area contributed by atoms with Crippen LogP contribution in [0.4, 0.5) is 24.5 Å². The van der Waals surface area contributed by atoms with Crippen molar-refractivity contribution < 1.29 is 27.4 Å². The smallest absolute Gasteiger partial charge is 0.406 e. The van der Waals surface area contributed by atoms with Crippen LogP contribution < -0.4 is 20.5 Å². The number of hydrogen-bond acceptors (Lipinski definition) is 8. The Morgan fingerprint density at radius 1 is 1.19 bits per heavy atom. The van der Waals surface area contributed by atoms with Crippen molar-refractivity contribution in [1.29, 1.82) is 0 Å². The van der Waals surface area contributed by atoms with E-state index in [1.54, 1.807) is 31.4 Å². The molecule has 2 heterocycles. The number of carbonyl (C=O) groups excluding carboxylic acids is 1. The molecular weight excluding hydrogens is 567 g/mol. The van der Waals surface area contributed by atoms with Crippen LogP contribution in [0.25, 0.3) is 10.9 Å². The molecule has 1 fully saturated rings. The molecule has 1 atom stereocenters. The summed E-state index contributed by atoms with van der Waals surface area (Å²) in [5.41, 5.74) is 2.25. The van der Waals surface area contributed by atoms with Crippen molar-refractivity contribution >= 4 is 40.2 Å². The predicted octanol–water partition coefficient (Wildman–Crippen LogP) is 5.47. The van der Waals surface area contributed by atoms with Crippen LogP contribution in [0, 0.1) is 11.8 Å². The Morgan fingerprint density at radius 3 is 2.62 bits per heavy atom. The molecular formula is C30H36F3N5O3S. The van der Waals surface area contributed by atoms with Gasteiger partial charge in [0.2, 0.25) is 0 Å². The molecule has 0 aliphatic carbocycles. The van der Waals surface area contributed by atoms with Gasteiger partial charge in [0.05, 0.1) is 30.6 Å². The Balaban J connectivity index is 1.49. The van der Waals surface area contributed by atoms with E-state index in [-0.39, 0.29) is 30.4 Å². The fourth-order valence-corrected chi connectivity index (χ4v) is 5.51. The average molecular weight is 604 g/mol. The number of likely N-dealkylation sites (tertiary alicyclic amines) is 1. The van der Waals surface area contributed by atoms with Crippen molar-refractivity contribution in [3.05, 3.63) is 48.2 Å². The first-order valence-electron chi connectivity index (χ1n) is 13.7. The van der Waals surface area contributed by atoms with Crippen LogP contribution >= 0.6 is 11.9 Å². The van der Waals surface area contributed by atoms with Crippen LogP contribution in [0.2, 0.25) is 0 Å². The average Bonchev–Trinajstić information content (AvgIpc) is 3.28. The van der Waals surface area contributed by atoms with Crippen molar-refractivity contribution in [2.24, 2.45) is 5.14 Å². The van der Waals surface area contributed by atoms with Gasteiger partial charge in [-0.3, -0.25) is 14.8 Å². The normalized spacial score (nSPS) is 15.1. The summed E-state index contributed by atoms with van der Waals surface area (Å²) in [5.74, 6) is 6.20. The lowest BCUT2D eigenvalue weighted by molar-refractivity contribution is -0.146. The van der Waals surface area contributed by atoms with Crippen LogP contribution in [-0.4, -0.2) is 67.0 Å². The molecule has 0 saturated carbocycles. The standard InChI is InChI=1S/C30H36F3N5O3S/c1-20(41-21(2)39)18-37-14-11-22(12-15-37)36-26-7-4-8-28-25(26)16-23(38(28)19-30(31,32)33)6-5-13-35-27-10-9-24(42-34)17-29(27)40-3/h4,7-10,16-17,20,22,35-36H,11-15,18-19,34H2,1-3H3. The number of carbonyl (C=O) groups is 1. The summed E-state index contributed by atoms with van der Waals surface area (Å²) in [6, 6.07) is 12.7. The molecule has 2 aromatic carbocycles. The molecule has 4 rings (SSSR count). The second-order valence-corrected chi connectivity index (χ2v) is 11.0. The van der Waals surface area contributed by atoms with Gasteiger partial charge in [-0.1, -0.05) is 12.0 Å². The largest absolute Gasteiger partial charge is 0.495 e. The summed E-state index contributed by atoms with van der Waals surface area (Å²) in [6.45, 7) is 4.69. The maximum atomic E-state index is 13.6. The van der Waals surface area contributed by atoms with Gasteiger partial charge in [-0.15, -0.1) is 0 Å². The van der Waals surface area contributed by atoms with E-state index in [4.69, 9.17) is 14.6 Å². The quantitative estimate of drug-likeness (QED) is 0.160. The highest BCUT2D eigenvalue weighted by atomic mass is 32.2. The molecule has 3 aromatic rings. The molecule has 1 aliphatic heterocycles. The minimum Gasteiger partial charge on any atom is -0.495 e. The molecule has 12 heteroatoms. The second-order valence-electron chi connectivity index (χ2n) is 10.2. The zero-order chi connectivity index (χ0) is 30.3. The number of esters is 1. The summed E-state index contributed by atoms with van der Waals surface area (Å²) in [5, 5.41) is 13.0. The van der Waals surface area contributed by atoms with Crippen molar-refractivity contribution in [1.82, 2.24) is 9.47 Å². The molecule has 1 aliphatic rings. The number of ether oxygens (including phenoxy) is 2. The number of fused-ring (bicyclic) bond motifs is 1. The minimum atomic E-state index is -4.41. The molecule has 0 bridgehead atoms. The summed E-state index contributed by atoms with van der Waals surface area (Å²) in [4.78, 5) is 14.3. The van der Waals surface area contributed by atoms with E-state index in [9.17, 15) is 18.0 Å². The van der Waals surface area contributed by atoms with Crippen LogP contribution in [-0.2, 0) is 16.1 Å². The van der Waals surface area contributed by atoms with Crippen molar-refractivity contribution in [3.63, 3.8) is 0 Å². The predicted molar refractivity (Wildman–Crippen MR) is 161 cm³/mol. The third-order valence-corrected chi connectivity index (χ3v) is 7.53. The third kappa shape index (κ3) is 8.50. The van der Waals surface area contributed by atoms with Crippen molar-refractivity contribution in [2.75, 3.05) is 43.9 Å². The number of benzene rings is 2. The second kappa shape index (κ2) is 14.1. The topological polar surface area (TPSA) is 93.8 Å². The number of alkyl halides is 3. The highest BCUT2D eigenvalue weighted by molar-refractivity contribution is 7.97. The van der Waals surface area contributed by atoms with Crippen LogP contribution in [0.5, 0.6) is 5.75 Å². The lowest BCUT2D eigenvalue weighted by Gasteiger charge is -2.34. The van der Waals surface area contributed by atoms with Crippen LogP contribution in [0.15, 0.2) is 47.4 Å². The van der Waals surface area contributed by atoms with Gasteiger partial charge in [0, 0.05) is 48.6 Å². The van der Waals surface area contributed by atoms with Crippen molar-refractivity contribution in [2.45, 2.75) is 56.5 Å². The lowest BCUT2D eigenvalue weighted by Crippen LogP contribution is -2.42. The van der Waals surface area contributed by atoms with Gasteiger partial charge in [0.25, 0.3) is 0 Å². The summed E-state index contributed by atoms with van der Waals surface area (Å²) in [7, 11) is 1.55. The number of nitrogens with one attached hydrogen (secondary N) is 2.